The fourth-order valence-corrected chi connectivity index (χ4v) is 0.581. The van der Waals surface area contributed by atoms with Crippen molar-refractivity contribution in [2.45, 2.75) is 33.7 Å². The van der Waals surface area contributed by atoms with Crippen LogP contribution in [0.2, 0.25) is 0 Å². The summed E-state index contributed by atoms with van der Waals surface area (Å²) >= 11 is 0. The van der Waals surface area contributed by atoms with Crippen molar-refractivity contribution >= 4 is 6.47 Å². The molecule has 0 aromatic carbocycles. The van der Waals surface area contributed by atoms with E-state index in [1.807, 2.05) is 24.7 Å². The minimum Gasteiger partial charge on any atom is -0.483 e. The average molecular weight is 187 g/mol. The third-order valence-electron chi connectivity index (χ3n) is 0.925. The summed E-state index contributed by atoms with van der Waals surface area (Å²) < 4.78 is 1.82. The number of hydrogen-bond acceptors (Lipinski definition) is 3. The zero-order chi connectivity index (χ0) is 10.5. The molecular formula is C8H17N3O2. The molecule has 1 aromatic rings. The van der Waals surface area contributed by atoms with E-state index in [0.29, 0.717) is 0 Å². The van der Waals surface area contributed by atoms with Crippen LogP contribution in [0.5, 0.6) is 0 Å². The van der Waals surface area contributed by atoms with Gasteiger partial charge in [-0.05, 0) is 6.42 Å². The van der Waals surface area contributed by atoms with Crippen molar-refractivity contribution in [3.8, 4) is 0 Å². The number of hydrogen-bond donors (Lipinski definition) is 1. The molecule has 0 aliphatic carbocycles. The predicted molar refractivity (Wildman–Crippen MR) is 50.4 cm³/mol. The Morgan fingerprint density at radius 1 is 1.54 bits per heavy atom. The van der Waals surface area contributed by atoms with Gasteiger partial charge in [0.1, 0.15) is 0 Å². The van der Waals surface area contributed by atoms with Crippen LogP contribution in [0.15, 0.2) is 12.4 Å². The second kappa shape index (κ2) is 13.2. The first kappa shape index (κ1) is 14.2. The minimum absolute atomic E-state index is 0.250. The van der Waals surface area contributed by atoms with Crippen molar-refractivity contribution in [1.29, 1.82) is 0 Å². The molecule has 1 rings (SSSR count). The number of rotatable bonds is 2. The van der Waals surface area contributed by atoms with Crippen molar-refractivity contribution < 1.29 is 9.90 Å². The van der Waals surface area contributed by atoms with Gasteiger partial charge in [0, 0.05) is 12.7 Å². The van der Waals surface area contributed by atoms with Gasteiger partial charge in [0.2, 0.25) is 0 Å². The van der Waals surface area contributed by atoms with E-state index in [4.69, 9.17) is 9.90 Å². The lowest BCUT2D eigenvalue weighted by Crippen LogP contribution is -1.96. The Kier molecular flexibility index (Phi) is 14.4. The number of nitrogens with zero attached hydrogens (tertiary/aromatic N) is 3. The van der Waals surface area contributed by atoms with E-state index < -0.39 is 0 Å². The molecule has 0 saturated heterocycles. The Hall–Kier alpha value is -1.39. The summed E-state index contributed by atoms with van der Waals surface area (Å²) in [6.45, 7) is 6.84. The van der Waals surface area contributed by atoms with Gasteiger partial charge in [0.15, 0.2) is 0 Å². The second-order valence-corrected chi connectivity index (χ2v) is 1.77. The molecule has 0 spiro atoms. The Morgan fingerprint density at radius 2 is 2.08 bits per heavy atom. The van der Waals surface area contributed by atoms with Gasteiger partial charge in [-0.1, -0.05) is 26.0 Å². The standard InChI is InChI=1S/C5H9N3.C2H6.CH2O2/c1-2-4-8-5-3-6-7-8;1-2;2-1-3/h3,5H,2,4H2,1H3;1-2H3;1H,(H,2,3). The lowest BCUT2D eigenvalue weighted by Gasteiger charge is -1.90. The van der Waals surface area contributed by atoms with Crippen LogP contribution in [0.1, 0.15) is 27.2 Å². The van der Waals surface area contributed by atoms with Crippen LogP contribution in [0.3, 0.4) is 0 Å². The third kappa shape index (κ3) is 10.6. The van der Waals surface area contributed by atoms with E-state index in [9.17, 15) is 0 Å². The Labute approximate surface area is 78.4 Å². The second-order valence-electron chi connectivity index (χ2n) is 1.77. The third-order valence-corrected chi connectivity index (χ3v) is 0.925. The highest BCUT2D eigenvalue weighted by Gasteiger charge is 1.83. The topological polar surface area (TPSA) is 68.0 Å². The van der Waals surface area contributed by atoms with Gasteiger partial charge in [-0.25, -0.2) is 0 Å². The summed E-state index contributed by atoms with van der Waals surface area (Å²) in [4.78, 5) is 8.36. The average Bonchev–Trinajstić information content (AvgIpc) is 2.63. The van der Waals surface area contributed by atoms with E-state index in [-0.39, 0.29) is 6.47 Å². The molecule has 0 radical (unpaired) electrons. The normalized spacial score (nSPS) is 7.31. The van der Waals surface area contributed by atoms with E-state index in [1.165, 1.54) is 0 Å². The van der Waals surface area contributed by atoms with Crippen LogP contribution < -0.4 is 0 Å². The van der Waals surface area contributed by atoms with Gasteiger partial charge in [-0.15, -0.1) is 5.10 Å². The van der Waals surface area contributed by atoms with Crippen molar-refractivity contribution in [2.75, 3.05) is 0 Å². The van der Waals surface area contributed by atoms with Crippen LogP contribution in [-0.2, 0) is 11.3 Å². The molecule has 1 N–H and O–H groups in total. The molecule has 76 valence electrons. The summed E-state index contributed by atoms with van der Waals surface area (Å²) in [6.07, 6.45) is 4.67. The van der Waals surface area contributed by atoms with E-state index >= 15 is 0 Å². The summed E-state index contributed by atoms with van der Waals surface area (Å²) in [7, 11) is 0. The highest BCUT2D eigenvalue weighted by molar-refractivity contribution is 5.32. The fourth-order valence-electron chi connectivity index (χ4n) is 0.581. The molecule has 0 bridgehead atoms. The number of aromatic nitrogens is 3. The van der Waals surface area contributed by atoms with Crippen molar-refractivity contribution in [1.82, 2.24) is 15.0 Å². The molecule has 1 aromatic heterocycles. The van der Waals surface area contributed by atoms with Crippen LogP contribution in [0.4, 0.5) is 0 Å². The van der Waals surface area contributed by atoms with E-state index in [1.54, 1.807) is 6.20 Å². The summed E-state index contributed by atoms with van der Waals surface area (Å²) in [5.74, 6) is 0. The molecule has 0 unspecified atom stereocenters. The molecule has 0 aliphatic rings. The molecule has 0 atom stereocenters. The molecule has 13 heavy (non-hydrogen) atoms. The van der Waals surface area contributed by atoms with Gasteiger partial charge in [0.25, 0.3) is 6.47 Å². The molecular weight excluding hydrogens is 170 g/mol. The lowest BCUT2D eigenvalue weighted by molar-refractivity contribution is -0.122. The zero-order valence-corrected chi connectivity index (χ0v) is 8.34. The molecule has 5 heteroatoms. The fraction of sp³-hybridized carbons (Fsp3) is 0.625. The predicted octanol–water partition coefficient (Wildman–Crippen LogP) is 1.42. The van der Waals surface area contributed by atoms with Gasteiger partial charge in [-0.3, -0.25) is 9.48 Å². The molecule has 0 amide bonds. The Bertz CT molecular complexity index is 176. The van der Waals surface area contributed by atoms with E-state index in [2.05, 4.69) is 17.2 Å². The Balaban J connectivity index is 0. The number of carbonyl (C=O) groups is 1. The summed E-state index contributed by atoms with van der Waals surface area (Å²) in [5, 5.41) is 14.3. The Morgan fingerprint density at radius 3 is 2.38 bits per heavy atom. The van der Waals surface area contributed by atoms with Gasteiger partial charge >= 0.3 is 0 Å². The van der Waals surface area contributed by atoms with Gasteiger partial charge < -0.3 is 5.11 Å². The van der Waals surface area contributed by atoms with Gasteiger partial charge in [0.05, 0.1) is 6.20 Å². The maximum Gasteiger partial charge on any atom is 0.290 e. The molecule has 0 aliphatic heterocycles. The van der Waals surface area contributed by atoms with Crippen molar-refractivity contribution in [3.63, 3.8) is 0 Å². The van der Waals surface area contributed by atoms with Crippen molar-refractivity contribution in [2.24, 2.45) is 0 Å². The zero-order valence-electron chi connectivity index (χ0n) is 8.34. The quantitative estimate of drug-likeness (QED) is 0.711. The minimum atomic E-state index is -0.250. The molecule has 5 nitrogen and oxygen atoms in total. The first-order chi connectivity index (χ1) is 6.35. The molecule has 0 saturated carbocycles. The monoisotopic (exact) mass is 187 g/mol. The van der Waals surface area contributed by atoms with Crippen LogP contribution in [0.25, 0.3) is 0 Å². The largest absolute Gasteiger partial charge is 0.483 e. The summed E-state index contributed by atoms with van der Waals surface area (Å²) in [5.41, 5.74) is 0. The smallest absolute Gasteiger partial charge is 0.290 e. The SMILES string of the molecule is CC.CCCn1ccnn1.O=CO. The first-order valence-corrected chi connectivity index (χ1v) is 4.27. The highest BCUT2D eigenvalue weighted by Crippen LogP contribution is 1.83. The maximum atomic E-state index is 8.36. The van der Waals surface area contributed by atoms with Gasteiger partial charge in [-0.2, -0.15) is 0 Å². The summed E-state index contributed by atoms with van der Waals surface area (Å²) in [6, 6.07) is 0. The molecule has 0 fully saturated rings. The van der Waals surface area contributed by atoms with E-state index in [0.717, 1.165) is 13.0 Å². The maximum absolute atomic E-state index is 8.36. The van der Waals surface area contributed by atoms with Crippen LogP contribution in [0, 0.1) is 0 Å². The first-order valence-electron chi connectivity index (χ1n) is 4.27. The van der Waals surface area contributed by atoms with Crippen LogP contribution in [-0.4, -0.2) is 26.6 Å². The molecule has 1 heterocycles. The number of carboxylic acid groups (broad SMARTS) is 1. The lowest BCUT2D eigenvalue weighted by atomic mass is 10.5. The highest BCUT2D eigenvalue weighted by atomic mass is 16.3. The van der Waals surface area contributed by atoms with Crippen molar-refractivity contribution in [3.05, 3.63) is 12.4 Å². The van der Waals surface area contributed by atoms with Crippen LogP contribution >= 0.6 is 0 Å². The number of aryl methyl sites for hydroxylation is 1.